The summed E-state index contributed by atoms with van der Waals surface area (Å²) in [6, 6.07) is 5.99. The van der Waals surface area contributed by atoms with E-state index in [1.807, 2.05) is 32.2 Å². The highest BCUT2D eigenvalue weighted by molar-refractivity contribution is 5.86. The molecule has 2 heterocycles. The number of rotatable bonds is 12. The summed E-state index contributed by atoms with van der Waals surface area (Å²) in [7, 11) is 3.63. The second-order valence-electron chi connectivity index (χ2n) is 7.25. The number of nitrogens with one attached hydrogen (secondary N) is 7. The van der Waals surface area contributed by atoms with Crippen molar-refractivity contribution in [1.82, 2.24) is 31.7 Å². The van der Waals surface area contributed by atoms with Crippen molar-refractivity contribution in [2.75, 3.05) is 37.9 Å². The van der Waals surface area contributed by atoms with Gasteiger partial charge in [-0.15, -0.1) is 0 Å². The molecule has 0 fully saturated rings. The van der Waals surface area contributed by atoms with E-state index in [2.05, 4.69) is 58.1 Å². The van der Waals surface area contributed by atoms with Gasteiger partial charge in [-0.1, -0.05) is 0 Å². The zero-order chi connectivity index (χ0) is 22.8. The highest BCUT2D eigenvalue weighted by atomic mass is 16.5. The molecular formula is C21H35N9O. The Kier molecular flexibility index (Phi) is 9.44. The summed E-state index contributed by atoms with van der Waals surface area (Å²) < 4.78 is 5.73. The molecule has 0 saturated carbocycles. The lowest BCUT2D eigenvalue weighted by atomic mass is 10.1. The summed E-state index contributed by atoms with van der Waals surface area (Å²) in [6.07, 6.45) is 1.71. The molecule has 170 valence electrons. The molecule has 7 N–H and O–H groups in total. The highest BCUT2D eigenvalue weighted by Gasteiger charge is 2.20. The van der Waals surface area contributed by atoms with Crippen LogP contribution in [-0.4, -0.2) is 49.1 Å². The van der Waals surface area contributed by atoms with Gasteiger partial charge in [0.2, 0.25) is 5.88 Å². The van der Waals surface area contributed by atoms with Gasteiger partial charge in [-0.2, -0.15) is 5.53 Å². The predicted molar refractivity (Wildman–Crippen MR) is 126 cm³/mol. The Balaban J connectivity index is 2.56. The molecule has 0 aliphatic rings. The fourth-order valence-electron chi connectivity index (χ4n) is 2.94. The van der Waals surface area contributed by atoms with Crippen molar-refractivity contribution in [2.24, 2.45) is 0 Å². The third-order valence-electron chi connectivity index (χ3n) is 4.45. The van der Waals surface area contributed by atoms with Crippen LogP contribution in [0, 0.1) is 5.41 Å². The van der Waals surface area contributed by atoms with Gasteiger partial charge < -0.3 is 20.7 Å². The second-order valence-corrected chi connectivity index (χ2v) is 7.25. The van der Waals surface area contributed by atoms with Crippen LogP contribution in [0.1, 0.15) is 39.4 Å². The van der Waals surface area contributed by atoms with Crippen LogP contribution < -0.4 is 37.1 Å². The van der Waals surface area contributed by atoms with Crippen LogP contribution in [0.3, 0.4) is 0 Å². The summed E-state index contributed by atoms with van der Waals surface area (Å²) >= 11 is 0. The number of hydrogen-bond donors (Lipinski definition) is 7. The van der Waals surface area contributed by atoms with Crippen LogP contribution >= 0.6 is 0 Å². The van der Waals surface area contributed by atoms with Crippen molar-refractivity contribution < 1.29 is 4.74 Å². The normalized spacial score (nSPS) is 11.8. The molecule has 10 heteroatoms. The van der Waals surface area contributed by atoms with Crippen molar-refractivity contribution >= 4 is 17.2 Å². The van der Waals surface area contributed by atoms with Gasteiger partial charge in [-0.3, -0.25) is 10.8 Å². The number of ether oxygens (including phenoxy) is 1. The quantitative estimate of drug-likeness (QED) is 0.154. The monoisotopic (exact) mass is 429 g/mol. The fraction of sp³-hybridized carbons (Fsp3) is 0.476. The van der Waals surface area contributed by atoms with Gasteiger partial charge in [0, 0.05) is 25.3 Å². The Morgan fingerprint density at radius 1 is 1.23 bits per heavy atom. The molecule has 0 amide bonds. The Morgan fingerprint density at radius 3 is 2.65 bits per heavy atom. The van der Waals surface area contributed by atoms with Gasteiger partial charge in [-0.05, 0) is 52.9 Å². The zero-order valence-electron chi connectivity index (χ0n) is 19.2. The van der Waals surface area contributed by atoms with E-state index in [-0.39, 0.29) is 17.9 Å². The van der Waals surface area contributed by atoms with Crippen LogP contribution in [0.25, 0.3) is 11.3 Å². The Labute approximate surface area is 184 Å². The molecule has 2 rings (SSSR count). The largest absolute Gasteiger partial charge is 0.477 e. The minimum Gasteiger partial charge on any atom is -0.477 e. The lowest BCUT2D eigenvalue weighted by molar-refractivity contribution is 0.328. The van der Waals surface area contributed by atoms with Crippen LogP contribution in [0.15, 0.2) is 24.4 Å². The van der Waals surface area contributed by atoms with Gasteiger partial charge in [0.15, 0.2) is 0 Å². The number of amidine groups is 1. The number of pyridine rings is 2. The van der Waals surface area contributed by atoms with Crippen molar-refractivity contribution in [1.29, 1.82) is 5.41 Å². The number of nitrogens with zero attached hydrogens (tertiary/aromatic N) is 2. The maximum Gasteiger partial charge on any atom is 0.222 e. The van der Waals surface area contributed by atoms with Gasteiger partial charge in [0.05, 0.1) is 41.5 Å². The number of hydrazine groups is 2. The first kappa shape index (κ1) is 24.3. The van der Waals surface area contributed by atoms with Gasteiger partial charge in [-0.25, -0.2) is 15.4 Å². The van der Waals surface area contributed by atoms with E-state index in [1.165, 1.54) is 0 Å². The molecule has 1 unspecified atom stereocenters. The summed E-state index contributed by atoms with van der Waals surface area (Å²) in [5.41, 5.74) is 12.4. The standard InChI is InChI=1S/C21H35N9O/c1-7-31-21-15(9-8-10-25-21)16-11-17(26-12-18(22)29-30-24-6)20(27-13(2)3)19(28-16)14(4)23-5/h8-11,13-14,23-24,27,30H,7,12H2,1-6H3,(H2,22,29)(H,26,28). The molecule has 0 aliphatic carbocycles. The lowest BCUT2D eigenvalue weighted by Gasteiger charge is -2.24. The molecule has 31 heavy (non-hydrogen) atoms. The third kappa shape index (κ3) is 6.78. The zero-order valence-corrected chi connectivity index (χ0v) is 19.2. The molecule has 0 bridgehead atoms. The van der Waals surface area contributed by atoms with E-state index in [0.717, 1.165) is 28.3 Å². The molecule has 2 aromatic rings. The van der Waals surface area contributed by atoms with Crippen molar-refractivity contribution in [3.63, 3.8) is 0 Å². The fourth-order valence-corrected chi connectivity index (χ4v) is 2.94. The van der Waals surface area contributed by atoms with Crippen molar-refractivity contribution in [2.45, 2.75) is 39.8 Å². The Morgan fingerprint density at radius 2 is 2.00 bits per heavy atom. The van der Waals surface area contributed by atoms with E-state index in [9.17, 15) is 0 Å². The van der Waals surface area contributed by atoms with Gasteiger partial charge in [0.1, 0.15) is 5.84 Å². The molecule has 1 atom stereocenters. The lowest BCUT2D eigenvalue weighted by Crippen LogP contribution is -2.46. The maximum absolute atomic E-state index is 8.08. The summed E-state index contributed by atoms with van der Waals surface area (Å²) in [5.74, 6) is 0.825. The van der Waals surface area contributed by atoms with Crippen molar-refractivity contribution in [3.8, 4) is 17.1 Å². The van der Waals surface area contributed by atoms with E-state index >= 15 is 0 Å². The Hall–Kier alpha value is -2.95. The molecule has 10 nitrogen and oxygen atoms in total. The smallest absolute Gasteiger partial charge is 0.222 e. The van der Waals surface area contributed by atoms with E-state index in [1.54, 1.807) is 13.2 Å². The topological polar surface area (TPSA) is 131 Å². The van der Waals surface area contributed by atoms with Crippen LogP contribution in [0.5, 0.6) is 5.88 Å². The summed E-state index contributed by atoms with van der Waals surface area (Å²) in [6.45, 7) is 8.97. The maximum atomic E-state index is 8.08. The highest BCUT2D eigenvalue weighted by Crippen LogP contribution is 2.36. The minimum absolute atomic E-state index is 0.00232. The SMILES string of the molecule is CCOc1ncccc1-c1cc(NCC(=N)NNNC)c(NC(C)C)c(C(C)NC)n1. The molecular weight excluding hydrogens is 394 g/mol. The molecule has 0 radical (unpaired) electrons. The predicted octanol–water partition coefficient (Wildman–Crippen LogP) is 2.26. The van der Waals surface area contributed by atoms with E-state index in [0.29, 0.717) is 19.0 Å². The van der Waals surface area contributed by atoms with E-state index < -0.39 is 0 Å². The van der Waals surface area contributed by atoms with Crippen molar-refractivity contribution in [3.05, 3.63) is 30.1 Å². The molecule has 0 saturated heterocycles. The average Bonchev–Trinajstić information content (AvgIpc) is 2.76. The number of hydrogen-bond acceptors (Lipinski definition) is 9. The average molecular weight is 430 g/mol. The molecule has 0 spiro atoms. The Bertz CT molecular complexity index is 857. The van der Waals surface area contributed by atoms with Crippen LogP contribution in [0.4, 0.5) is 11.4 Å². The summed E-state index contributed by atoms with van der Waals surface area (Å²) in [4.78, 5) is 9.35. The second kappa shape index (κ2) is 12.0. The summed E-state index contributed by atoms with van der Waals surface area (Å²) in [5, 5.41) is 18.2. The van der Waals surface area contributed by atoms with Crippen LogP contribution in [0.2, 0.25) is 0 Å². The molecule has 0 aromatic carbocycles. The van der Waals surface area contributed by atoms with E-state index in [4.69, 9.17) is 15.1 Å². The van der Waals surface area contributed by atoms with Gasteiger partial charge >= 0.3 is 0 Å². The van der Waals surface area contributed by atoms with Gasteiger partial charge in [0.25, 0.3) is 0 Å². The minimum atomic E-state index is -0.00232. The third-order valence-corrected chi connectivity index (χ3v) is 4.45. The first-order valence-electron chi connectivity index (χ1n) is 10.5. The number of anilines is 2. The van der Waals surface area contributed by atoms with Crippen LogP contribution in [-0.2, 0) is 0 Å². The molecule has 0 aliphatic heterocycles. The first-order valence-corrected chi connectivity index (χ1v) is 10.5. The first-order chi connectivity index (χ1) is 14.9. The molecule has 2 aromatic heterocycles. The number of aromatic nitrogens is 2.